The van der Waals surface area contributed by atoms with Crippen molar-refractivity contribution in [1.82, 2.24) is 10.2 Å². The van der Waals surface area contributed by atoms with Gasteiger partial charge in [0.15, 0.2) is 0 Å². The van der Waals surface area contributed by atoms with Crippen LogP contribution in [0.15, 0.2) is 54.6 Å². The number of hydrogen-bond donors (Lipinski definition) is 2. The zero-order chi connectivity index (χ0) is 21.8. The van der Waals surface area contributed by atoms with Crippen LogP contribution in [0.1, 0.15) is 59.2 Å². The van der Waals surface area contributed by atoms with Gasteiger partial charge in [-0.2, -0.15) is 0 Å². The third-order valence-electron chi connectivity index (χ3n) is 6.73. The van der Waals surface area contributed by atoms with Crippen molar-refractivity contribution in [3.05, 3.63) is 71.3 Å². The maximum atomic E-state index is 13.6. The highest BCUT2D eigenvalue weighted by molar-refractivity contribution is 6.02. The first-order valence-corrected chi connectivity index (χ1v) is 11.0. The van der Waals surface area contributed by atoms with E-state index in [1.54, 1.807) is 13.2 Å². The first kappa shape index (κ1) is 21.5. The Kier molecular flexibility index (Phi) is 6.39. The van der Waals surface area contributed by atoms with E-state index < -0.39 is 17.6 Å². The van der Waals surface area contributed by atoms with Crippen LogP contribution in [0, 0.1) is 0 Å². The van der Waals surface area contributed by atoms with Crippen molar-refractivity contribution in [3.8, 4) is 0 Å². The number of nitrogens with one attached hydrogen (secondary N) is 1. The molecule has 6 nitrogen and oxygen atoms in total. The van der Waals surface area contributed by atoms with E-state index in [0.717, 1.165) is 36.8 Å². The molecule has 31 heavy (non-hydrogen) atoms. The van der Waals surface area contributed by atoms with Crippen LogP contribution in [0.5, 0.6) is 0 Å². The van der Waals surface area contributed by atoms with E-state index in [9.17, 15) is 14.7 Å². The molecular formula is C25H30N2O4. The molecule has 1 saturated carbocycles. The Labute approximate surface area is 183 Å². The number of aliphatic hydroxyl groups excluding tert-OH is 1. The summed E-state index contributed by atoms with van der Waals surface area (Å²) in [5.41, 5.74) is 1.58. The second kappa shape index (κ2) is 9.20. The first-order valence-electron chi connectivity index (χ1n) is 11.0. The molecule has 0 saturated heterocycles. The van der Waals surface area contributed by atoms with Gasteiger partial charge in [-0.05, 0) is 30.0 Å². The maximum Gasteiger partial charge on any atom is 0.254 e. The van der Waals surface area contributed by atoms with Gasteiger partial charge in [-0.15, -0.1) is 0 Å². The lowest BCUT2D eigenvalue weighted by Crippen LogP contribution is -2.61. The molecule has 1 heterocycles. The quantitative estimate of drug-likeness (QED) is 0.719. The van der Waals surface area contributed by atoms with Gasteiger partial charge < -0.3 is 20.1 Å². The fourth-order valence-electron chi connectivity index (χ4n) is 5.27. The molecule has 1 spiro atoms. The number of ether oxygens (including phenoxy) is 1. The van der Waals surface area contributed by atoms with E-state index in [2.05, 4.69) is 5.32 Å². The number of methoxy groups -OCH3 is 1. The van der Waals surface area contributed by atoms with E-state index in [0.29, 0.717) is 18.7 Å². The Morgan fingerprint density at radius 1 is 1.16 bits per heavy atom. The fraction of sp³-hybridized carbons (Fsp3) is 0.440. The zero-order valence-electron chi connectivity index (χ0n) is 17.9. The molecule has 0 aromatic heterocycles. The third-order valence-corrected chi connectivity index (χ3v) is 6.73. The van der Waals surface area contributed by atoms with Gasteiger partial charge in [-0.25, -0.2) is 0 Å². The summed E-state index contributed by atoms with van der Waals surface area (Å²) < 4.78 is 5.28. The lowest BCUT2D eigenvalue weighted by atomic mass is 9.71. The Bertz CT molecular complexity index is 924. The molecule has 2 amide bonds. The van der Waals surface area contributed by atoms with Crippen LogP contribution in [0.3, 0.4) is 0 Å². The minimum Gasteiger partial charge on any atom is -0.387 e. The van der Waals surface area contributed by atoms with Crippen LogP contribution in [0.2, 0.25) is 0 Å². The van der Waals surface area contributed by atoms with Gasteiger partial charge in [0.1, 0.15) is 0 Å². The van der Waals surface area contributed by atoms with Crippen molar-refractivity contribution < 1.29 is 19.4 Å². The zero-order valence-corrected chi connectivity index (χ0v) is 17.9. The van der Waals surface area contributed by atoms with Gasteiger partial charge in [0.25, 0.3) is 5.91 Å². The van der Waals surface area contributed by atoms with Crippen LogP contribution >= 0.6 is 0 Å². The summed E-state index contributed by atoms with van der Waals surface area (Å²) in [6.07, 6.45) is 2.76. The van der Waals surface area contributed by atoms with Gasteiger partial charge in [-0.1, -0.05) is 61.4 Å². The highest BCUT2D eigenvalue weighted by Gasteiger charge is 2.55. The molecule has 2 atom stereocenters. The van der Waals surface area contributed by atoms with Crippen LogP contribution in [-0.2, 0) is 9.53 Å². The van der Waals surface area contributed by atoms with E-state index in [1.807, 2.05) is 53.4 Å². The third kappa shape index (κ3) is 3.98. The number of carbonyl (C=O) groups is 2. The van der Waals surface area contributed by atoms with Crippen molar-refractivity contribution in [1.29, 1.82) is 0 Å². The molecular weight excluding hydrogens is 392 g/mol. The number of fused-ring (bicyclic) bond motifs is 1. The molecule has 2 aliphatic rings. The number of aliphatic hydroxyl groups is 1. The summed E-state index contributed by atoms with van der Waals surface area (Å²) >= 11 is 0. The summed E-state index contributed by atoms with van der Waals surface area (Å²) in [6.45, 7) is 1.01. The average molecular weight is 423 g/mol. The molecule has 0 bridgehead atoms. The fourth-order valence-corrected chi connectivity index (χ4v) is 5.27. The van der Waals surface area contributed by atoms with Crippen LogP contribution in [0.4, 0.5) is 0 Å². The molecule has 1 fully saturated rings. The number of hydrogen-bond acceptors (Lipinski definition) is 4. The number of benzene rings is 2. The molecule has 2 aromatic rings. The molecule has 1 aliphatic heterocycles. The van der Waals surface area contributed by atoms with Crippen molar-refractivity contribution >= 4 is 11.8 Å². The largest absolute Gasteiger partial charge is 0.387 e. The monoisotopic (exact) mass is 422 g/mol. The van der Waals surface area contributed by atoms with Gasteiger partial charge in [0.2, 0.25) is 5.91 Å². The van der Waals surface area contributed by atoms with Crippen molar-refractivity contribution in [2.45, 2.75) is 43.2 Å². The van der Waals surface area contributed by atoms with Gasteiger partial charge in [0.05, 0.1) is 24.2 Å². The van der Waals surface area contributed by atoms with Crippen molar-refractivity contribution in [2.75, 3.05) is 26.8 Å². The second-order valence-electron chi connectivity index (χ2n) is 8.45. The highest BCUT2D eigenvalue weighted by Crippen LogP contribution is 2.50. The lowest BCUT2D eigenvalue weighted by molar-refractivity contribution is -0.127. The highest BCUT2D eigenvalue weighted by atomic mass is 16.5. The van der Waals surface area contributed by atoms with E-state index in [-0.39, 0.29) is 18.4 Å². The van der Waals surface area contributed by atoms with Crippen molar-refractivity contribution in [3.63, 3.8) is 0 Å². The predicted octanol–water partition coefficient (Wildman–Crippen LogP) is 3.04. The average Bonchev–Trinajstić information content (AvgIpc) is 3.28. The molecule has 164 valence electrons. The first-order chi connectivity index (χ1) is 15.1. The summed E-state index contributed by atoms with van der Waals surface area (Å²) in [7, 11) is 1.62. The molecule has 0 radical (unpaired) electrons. The molecule has 2 aromatic carbocycles. The van der Waals surface area contributed by atoms with Crippen LogP contribution in [0.25, 0.3) is 0 Å². The lowest BCUT2D eigenvalue weighted by Gasteiger charge is -2.50. The molecule has 2 N–H and O–H groups in total. The molecule has 0 unspecified atom stereocenters. The Balaban J connectivity index is 1.65. The topological polar surface area (TPSA) is 78.9 Å². The normalized spacial score (nSPS) is 20.5. The summed E-state index contributed by atoms with van der Waals surface area (Å²) in [5.74, 6) is -0.633. The predicted molar refractivity (Wildman–Crippen MR) is 118 cm³/mol. The Morgan fingerprint density at radius 2 is 1.84 bits per heavy atom. The number of amides is 2. The molecule has 1 aliphatic carbocycles. The molecule has 4 rings (SSSR count). The maximum absolute atomic E-state index is 13.6. The van der Waals surface area contributed by atoms with Crippen LogP contribution < -0.4 is 5.32 Å². The van der Waals surface area contributed by atoms with Crippen LogP contribution in [-0.4, -0.2) is 54.2 Å². The molecule has 6 heteroatoms. The summed E-state index contributed by atoms with van der Waals surface area (Å²) in [4.78, 5) is 28.9. The smallest absolute Gasteiger partial charge is 0.254 e. The SMILES string of the molecule is COCCN1C(=O)c2ccccc2[C@@H](C(=O)NC[C@@H](O)c2ccccc2)C12CCCC2. The van der Waals surface area contributed by atoms with Gasteiger partial charge >= 0.3 is 0 Å². The number of rotatable bonds is 7. The van der Waals surface area contributed by atoms with E-state index in [4.69, 9.17) is 4.74 Å². The summed E-state index contributed by atoms with van der Waals surface area (Å²) in [6, 6.07) is 16.7. The Morgan fingerprint density at radius 3 is 2.55 bits per heavy atom. The number of carbonyl (C=O) groups excluding carboxylic acids is 2. The second-order valence-corrected chi connectivity index (χ2v) is 8.45. The minimum atomic E-state index is -0.783. The van der Waals surface area contributed by atoms with Crippen molar-refractivity contribution in [2.24, 2.45) is 0 Å². The minimum absolute atomic E-state index is 0.0251. The van der Waals surface area contributed by atoms with Gasteiger partial charge in [-0.3, -0.25) is 9.59 Å². The van der Waals surface area contributed by atoms with E-state index >= 15 is 0 Å². The number of nitrogens with zero attached hydrogens (tertiary/aromatic N) is 1. The van der Waals surface area contributed by atoms with E-state index in [1.165, 1.54) is 0 Å². The van der Waals surface area contributed by atoms with Gasteiger partial charge in [0, 0.05) is 25.8 Å². The standard InChI is InChI=1S/C25H30N2O4/c1-31-16-15-27-24(30)20-12-6-5-11-19(20)22(25(27)13-7-8-14-25)23(29)26-17-21(28)18-9-3-2-4-10-18/h2-6,9-12,21-22,28H,7-8,13-17H2,1H3,(H,26,29)/t21-,22+/m1/s1. The summed E-state index contributed by atoms with van der Waals surface area (Å²) in [5, 5.41) is 13.5. The Hall–Kier alpha value is -2.70.